The molecule has 3 saturated heterocycles. The molecular formula is C19H20ClFN2OS. The van der Waals surface area contributed by atoms with Crippen LogP contribution in [-0.2, 0) is 0 Å². The number of nitrogens with zero attached hydrogens (tertiary/aromatic N) is 1. The molecule has 2 aromatic rings. The molecule has 3 nitrogen and oxygen atoms in total. The first-order valence-electron chi connectivity index (χ1n) is 8.94. The van der Waals surface area contributed by atoms with Crippen LogP contribution >= 0.6 is 22.9 Å². The summed E-state index contributed by atoms with van der Waals surface area (Å²) in [5.74, 6) is 0.228. The first-order valence-corrected chi connectivity index (χ1v) is 10.1. The number of halogens is 2. The second-order valence-electron chi connectivity index (χ2n) is 7.71. The van der Waals surface area contributed by atoms with Gasteiger partial charge in [-0.1, -0.05) is 11.6 Å². The zero-order valence-corrected chi connectivity index (χ0v) is 15.6. The SMILES string of the molecule is Cc1c(F)cc2cc(C(=O)N[C@H]3C4CCN(CC4)C34CC4)sc2c1Cl. The average Bonchev–Trinajstić information content (AvgIpc) is 3.27. The molecule has 1 aromatic heterocycles. The van der Waals surface area contributed by atoms with Crippen LogP contribution in [0, 0.1) is 18.7 Å². The Morgan fingerprint density at radius 1 is 1.36 bits per heavy atom. The molecule has 4 aliphatic rings. The Kier molecular flexibility index (Phi) is 3.47. The highest BCUT2D eigenvalue weighted by molar-refractivity contribution is 7.21. The smallest absolute Gasteiger partial charge is 0.261 e. The molecule has 4 fully saturated rings. The van der Waals surface area contributed by atoms with Crippen molar-refractivity contribution in [2.75, 3.05) is 13.1 Å². The zero-order valence-electron chi connectivity index (χ0n) is 14.1. The summed E-state index contributed by atoms with van der Waals surface area (Å²) in [6, 6.07) is 3.49. The number of carbonyl (C=O) groups excluding carboxylic acids is 1. The lowest BCUT2D eigenvalue weighted by molar-refractivity contribution is -0.00138. The van der Waals surface area contributed by atoms with E-state index >= 15 is 0 Å². The summed E-state index contributed by atoms with van der Waals surface area (Å²) in [6.07, 6.45) is 4.74. The Balaban J connectivity index is 1.45. The molecule has 1 atom stereocenters. The van der Waals surface area contributed by atoms with E-state index in [1.165, 1.54) is 56.2 Å². The van der Waals surface area contributed by atoms with Gasteiger partial charge in [-0.05, 0) is 69.1 Å². The number of amides is 1. The Morgan fingerprint density at radius 3 is 2.76 bits per heavy atom. The second-order valence-corrected chi connectivity index (χ2v) is 9.14. The number of hydrogen-bond donors (Lipinski definition) is 1. The molecular weight excluding hydrogens is 359 g/mol. The van der Waals surface area contributed by atoms with Crippen molar-refractivity contribution in [2.24, 2.45) is 5.92 Å². The molecule has 2 bridgehead atoms. The number of benzene rings is 1. The van der Waals surface area contributed by atoms with Gasteiger partial charge in [-0.3, -0.25) is 9.69 Å². The van der Waals surface area contributed by atoms with E-state index in [9.17, 15) is 9.18 Å². The third-order valence-corrected chi connectivity index (χ3v) is 8.17. The summed E-state index contributed by atoms with van der Waals surface area (Å²) >= 11 is 7.64. The number of hydrogen-bond acceptors (Lipinski definition) is 3. The first-order chi connectivity index (χ1) is 12.0. The van der Waals surface area contributed by atoms with Crippen molar-refractivity contribution in [3.63, 3.8) is 0 Å². The van der Waals surface area contributed by atoms with Gasteiger partial charge < -0.3 is 5.32 Å². The lowest BCUT2D eigenvalue weighted by atomic mass is 9.77. The molecule has 25 heavy (non-hydrogen) atoms. The van der Waals surface area contributed by atoms with E-state index in [-0.39, 0.29) is 23.3 Å². The fourth-order valence-corrected chi connectivity index (χ4v) is 6.20. The Morgan fingerprint density at radius 2 is 2.08 bits per heavy atom. The first kappa shape index (κ1) is 16.0. The largest absolute Gasteiger partial charge is 0.346 e. The predicted molar refractivity (Wildman–Crippen MR) is 99.0 cm³/mol. The van der Waals surface area contributed by atoms with Crippen LogP contribution in [0.2, 0.25) is 5.02 Å². The molecule has 4 heterocycles. The maximum atomic E-state index is 13.9. The summed E-state index contributed by atoms with van der Waals surface area (Å²) < 4.78 is 14.7. The van der Waals surface area contributed by atoms with Crippen LogP contribution in [0.5, 0.6) is 0 Å². The molecule has 1 N–H and O–H groups in total. The van der Waals surface area contributed by atoms with Gasteiger partial charge in [-0.2, -0.15) is 0 Å². The van der Waals surface area contributed by atoms with Crippen LogP contribution in [0.1, 0.15) is 40.9 Å². The van der Waals surface area contributed by atoms with E-state index in [0.29, 0.717) is 26.8 Å². The Hall–Kier alpha value is -1.17. The highest BCUT2D eigenvalue weighted by Crippen LogP contribution is 2.53. The topological polar surface area (TPSA) is 32.3 Å². The van der Waals surface area contributed by atoms with Crippen LogP contribution in [0.3, 0.4) is 0 Å². The summed E-state index contributed by atoms with van der Waals surface area (Å²) in [5, 5.41) is 4.45. The van der Waals surface area contributed by atoms with Crippen molar-refractivity contribution in [3.8, 4) is 0 Å². The van der Waals surface area contributed by atoms with Crippen LogP contribution in [0.4, 0.5) is 4.39 Å². The molecule has 3 aliphatic heterocycles. The Labute approximate surface area is 155 Å². The van der Waals surface area contributed by atoms with E-state index in [1.54, 1.807) is 13.0 Å². The summed E-state index contributed by atoms with van der Waals surface area (Å²) in [6.45, 7) is 4.02. The summed E-state index contributed by atoms with van der Waals surface area (Å²) in [7, 11) is 0. The minimum absolute atomic E-state index is 0.0413. The fourth-order valence-electron chi connectivity index (χ4n) is 4.85. The van der Waals surface area contributed by atoms with E-state index in [1.807, 2.05) is 0 Å². The molecule has 1 amide bonds. The van der Waals surface area contributed by atoms with Gasteiger partial charge in [-0.15, -0.1) is 11.3 Å². The monoisotopic (exact) mass is 378 g/mol. The molecule has 1 saturated carbocycles. The normalized spacial score (nSPS) is 29.3. The number of fused-ring (bicyclic) bond motifs is 3. The van der Waals surface area contributed by atoms with Gasteiger partial charge in [0.25, 0.3) is 5.91 Å². The number of rotatable bonds is 2. The van der Waals surface area contributed by atoms with Crippen LogP contribution in [0.25, 0.3) is 10.1 Å². The molecule has 132 valence electrons. The van der Waals surface area contributed by atoms with Crippen molar-refractivity contribution in [1.29, 1.82) is 0 Å². The van der Waals surface area contributed by atoms with E-state index in [0.717, 1.165) is 4.70 Å². The number of carbonyl (C=O) groups is 1. The lowest BCUT2D eigenvalue weighted by Gasteiger charge is -2.52. The van der Waals surface area contributed by atoms with Gasteiger partial charge in [0.2, 0.25) is 0 Å². The van der Waals surface area contributed by atoms with Gasteiger partial charge in [0.05, 0.1) is 20.6 Å². The summed E-state index contributed by atoms with van der Waals surface area (Å²) in [5.41, 5.74) is 0.658. The minimum atomic E-state index is -0.323. The lowest BCUT2D eigenvalue weighted by Crippen LogP contribution is -2.65. The van der Waals surface area contributed by atoms with Gasteiger partial charge in [0, 0.05) is 11.1 Å². The van der Waals surface area contributed by atoms with E-state index < -0.39 is 0 Å². The van der Waals surface area contributed by atoms with Crippen molar-refractivity contribution in [2.45, 2.75) is 44.2 Å². The van der Waals surface area contributed by atoms with Crippen molar-refractivity contribution in [3.05, 3.63) is 33.4 Å². The molecule has 6 rings (SSSR count). The van der Waals surface area contributed by atoms with Gasteiger partial charge >= 0.3 is 0 Å². The van der Waals surface area contributed by atoms with E-state index in [2.05, 4.69) is 10.2 Å². The molecule has 0 radical (unpaired) electrons. The summed E-state index contributed by atoms with van der Waals surface area (Å²) in [4.78, 5) is 16.1. The van der Waals surface area contributed by atoms with Crippen LogP contribution in [-0.4, -0.2) is 35.5 Å². The maximum absolute atomic E-state index is 13.9. The van der Waals surface area contributed by atoms with Gasteiger partial charge in [0.15, 0.2) is 0 Å². The Bertz CT molecular complexity index is 883. The fraction of sp³-hybridized carbons (Fsp3) is 0.526. The van der Waals surface area contributed by atoms with E-state index in [4.69, 9.17) is 11.6 Å². The van der Waals surface area contributed by atoms with Crippen LogP contribution in [0.15, 0.2) is 12.1 Å². The van der Waals surface area contributed by atoms with Crippen molar-refractivity contribution < 1.29 is 9.18 Å². The highest BCUT2D eigenvalue weighted by atomic mass is 35.5. The standard InChI is InChI=1S/C19H20ClFN2OS/c1-10-13(21)8-12-9-14(25-16(12)15(10)20)18(24)22-17-11-2-6-23(7-3-11)19(17)4-5-19/h8-9,11,17H,2-7H2,1H3,(H,22,24)/t17-/m0/s1. The van der Waals surface area contributed by atoms with Crippen molar-refractivity contribution in [1.82, 2.24) is 10.2 Å². The number of piperidine rings is 3. The quantitative estimate of drug-likeness (QED) is 0.842. The maximum Gasteiger partial charge on any atom is 0.261 e. The van der Waals surface area contributed by atoms with Gasteiger partial charge in [0.1, 0.15) is 5.82 Å². The molecule has 1 aromatic carbocycles. The predicted octanol–water partition coefficient (Wildman–Crippen LogP) is 4.36. The highest BCUT2D eigenvalue weighted by Gasteiger charge is 2.60. The van der Waals surface area contributed by atoms with Crippen molar-refractivity contribution >= 4 is 38.9 Å². The van der Waals surface area contributed by atoms with Gasteiger partial charge in [-0.25, -0.2) is 4.39 Å². The number of nitrogens with one attached hydrogen (secondary N) is 1. The molecule has 0 unspecified atom stereocenters. The third kappa shape index (κ3) is 2.29. The third-order valence-electron chi connectivity index (χ3n) is 6.42. The zero-order chi connectivity index (χ0) is 17.3. The minimum Gasteiger partial charge on any atom is -0.346 e. The average molecular weight is 379 g/mol. The second kappa shape index (κ2) is 5.41. The molecule has 1 spiro atoms. The molecule has 6 heteroatoms. The molecule has 1 aliphatic carbocycles. The van der Waals surface area contributed by atoms with Crippen LogP contribution < -0.4 is 5.32 Å². The number of thiophene rings is 1.